The van der Waals surface area contributed by atoms with E-state index in [9.17, 15) is 50.8 Å². The van der Waals surface area contributed by atoms with Crippen molar-refractivity contribution in [2.75, 3.05) is 13.2 Å². The van der Waals surface area contributed by atoms with Gasteiger partial charge in [-0.1, -0.05) is 58.4 Å². The van der Waals surface area contributed by atoms with E-state index >= 15 is 0 Å². The Morgan fingerprint density at radius 1 is 0.774 bits per heavy atom. The Morgan fingerprint density at radius 2 is 1.44 bits per heavy atom. The van der Waals surface area contributed by atoms with Crippen LogP contribution >= 0.6 is 0 Å². The lowest BCUT2D eigenvalue weighted by atomic mass is 9.34. The van der Waals surface area contributed by atoms with E-state index in [1.807, 2.05) is 0 Å². The van der Waals surface area contributed by atoms with Gasteiger partial charge in [-0.3, -0.25) is 4.79 Å². The van der Waals surface area contributed by atoms with Crippen molar-refractivity contribution in [1.29, 1.82) is 0 Å². The molecular weight excluding hydrogens is 808 g/mol. The molecule has 0 aromatic heterocycles. The third-order valence-corrected chi connectivity index (χ3v) is 18.4. The summed E-state index contributed by atoms with van der Waals surface area (Å²) in [6.07, 6.45) is -11.1. The Bertz CT molecular complexity index is 1720. The molecule has 16 nitrogen and oxygen atoms in total. The zero-order chi connectivity index (χ0) is 45.1. The van der Waals surface area contributed by atoms with Crippen LogP contribution in [-0.4, -0.2) is 157 Å². The van der Waals surface area contributed by atoms with Gasteiger partial charge in [-0.15, -0.1) is 0 Å². The first kappa shape index (κ1) is 46.9. The topological polar surface area (TPSA) is 255 Å². The largest absolute Gasteiger partial charge is 0.481 e. The molecule has 8 aliphatic rings. The van der Waals surface area contributed by atoms with Crippen molar-refractivity contribution < 1.29 is 79.2 Å². The van der Waals surface area contributed by atoms with Crippen LogP contribution in [0.4, 0.5) is 0 Å². The number of ether oxygens (including phenoxy) is 6. The van der Waals surface area contributed by atoms with E-state index in [4.69, 9.17) is 28.4 Å². The van der Waals surface area contributed by atoms with Gasteiger partial charge in [-0.05, 0) is 105 Å². The first-order chi connectivity index (χ1) is 29.1. The lowest BCUT2D eigenvalue weighted by Crippen LogP contribution is -2.66. The molecule has 16 heteroatoms. The summed E-state index contributed by atoms with van der Waals surface area (Å²) in [5, 5.41) is 95.9. The maximum absolute atomic E-state index is 13.0. The molecule has 9 N–H and O–H groups in total. The Hall–Kier alpha value is -1.61. The molecule has 0 bridgehead atoms. The highest BCUT2D eigenvalue weighted by molar-refractivity contribution is 5.77. The number of carboxylic acid groups (broad SMARTS) is 1. The van der Waals surface area contributed by atoms with Crippen LogP contribution in [0.25, 0.3) is 0 Å². The number of aliphatic carboxylic acids is 1. The van der Waals surface area contributed by atoms with Crippen LogP contribution in [0.2, 0.25) is 0 Å². The Balaban J connectivity index is 1.06. The van der Waals surface area contributed by atoms with Crippen molar-refractivity contribution in [3.8, 4) is 0 Å². The number of allylic oxidation sites excluding steroid dienone is 3. The summed E-state index contributed by atoms with van der Waals surface area (Å²) in [6.45, 7) is 16.5. The fourth-order valence-corrected chi connectivity index (χ4v) is 14.4. The standard InChI is InChI=1S/C46H72O16/c1-21-10-15-46(41(55)56)17-16-44(6)23(24(46)18-21)8-9-28-43(5)13-12-29(42(3,4)27(43)11-14-45(28,44)7)60-40-37(62-38-34(53)32(51)30(49)22(2)58-38)36(25(48)20-57-40)61-39-35(54)33(52)31(50)26(19-47)59-39/h8,22,24-40,47-54H,1,9-20H2,2-7H3,(H,55,56)/t22-,24-,25-,26+,27-,28+,29-,30-,31+,32+,33-,34+,35+,36-,37+,38-,39-,40-,43-,44+,45+,46-/m0/s1. The van der Waals surface area contributed by atoms with Gasteiger partial charge < -0.3 is 74.4 Å². The number of hydrogen-bond acceptors (Lipinski definition) is 15. The predicted molar refractivity (Wildman–Crippen MR) is 219 cm³/mol. The van der Waals surface area contributed by atoms with E-state index in [2.05, 4.69) is 47.3 Å². The van der Waals surface area contributed by atoms with Gasteiger partial charge in [-0.2, -0.15) is 0 Å². The molecule has 0 spiro atoms. The first-order valence-corrected chi connectivity index (χ1v) is 22.9. The third-order valence-electron chi connectivity index (χ3n) is 18.4. The molecule has 0 unspecified atom stereocenters. The highest BCUT2D eigenvalue weighted by Crippen LogP contribution is 2.75. The Morgan fingerprint density at radius 3 is 2.11 bits per heavy atom. The summed E-state index contributed by atoms with van der Waals surface area (Å²) >= 11 is 0. The minimum absolute atomic E-state index is 0.0433. The highest BCUT2D eigenvalue weighted by Gasteiger charge is 2.69. The minimum Gasteiger partial charge on any atom is -0.481 e. The molecule has 3 saturated heterocycles. The minimum atomic E-state index is -1.80. The van der Waals surface area contributed by atoms with Crippen molar-refractivity contribution >= 4 is 5.97 Å². The van der Waals surface area contributed by atoms with Gasteiger partial charge in [0, 0.05) is 5.92 Å². The lowest BCUT2D eigenvalue weighted by molar-refractivity contribution is -0.388. The van der Waals surface area contributed by atoms with Gasteiger partial charge in [0.25, 0.3) is 0 Å². The molecule has 0 amide bonds. The average Bonchev–Trinajstić information content (AvgIpc) is 3.22. The van der Waals surface area contributed by atoms with Crippen molar-refractivity contribution in [3.63, 3.8) is 0 Å². The summed E-state index contributed by atoms with van der Waals surface area (Å²) in [5.41, 5.74) is 0.973. The van der Waals surface area contributed by atoms with E-state index in [1.165, 1.54) is 12.5 Å². The van der Waals surface area contributed by atoms with Crippen molar-refractivity contribution in [2.24, 2.45) is 44.8 Å². The number of carboxylic acids is 1. The van der Waals surface area contributed by atoms with Crippen LogP contribution in [0.1, 0.15) is 106 Å². The monoisotopic (exact) mass is 880 g/mol. The number of aliphatic hydroxyl groups excluding tert-OH is 8. The van der Waals surface area contributed by atoms with E-state index in [1.54, 1.807) is 0 Å². The maximum Gasteiger partial charge on any atom is 0.310 e. The van der Waals surface area contributed by atoms with E-state index in [0.29, 0.717) is 25.2 Å². The number of fused-ring (bicyclic) bond motifs is 7. The lowest BCUT2D eigenvalue weighted by Gasteiger charge is -2.71. The average molecular weight is 881 g/mol. The first-order valence-electron chi connectivity index (χ1n) is 22.9. The fraction of sp³-hybridized carbons (Fsp3) is 0.891. The molecule has 5 aliphatic carbocycles. The second-order valence-corrected chi connectivity index (χ2v) is 21.6. The van der Waals surface area contributed by atoms with Gasteiger partial charge >= 0.3 is 5.97 Å². The Labute approximate surface area is 364 Å². The van der Waals surface area contributed by atoms with Crippen molar-refractivity contribution in [1.82, 2.24) is 0 Å². The number of carbonyl (C=O) groups is 1. The smallest absolute Gasteiger partial charge is 0.310 e. The summed E-state index contributed by atoms with van der Waals surface area (Å²) in [5.74, 6) is -0.185. The summed E-state index contributed by atoms with van der Waals surface area (Å²) in [4.78, 5) is 13.0. The molecule has 22 atom stereocenters. The molecule has 0 aromatic rings. The van der Waals surface area contributed by atoms with Gasteiger partial charge in [0.05, 0.1) is 30.8 Å². The third kappa shape index (κ3) is 7.12. The number of aliphatic hydroxyl groups is 8. The molecule has 352 valence electrons. The van der Waals surface area contributed by atoms with Crippen LogP contribution in [-0.2, 0) is 33.2 Å². The molecule has 0 aromatic carbocycles. The predicted octanol–water partition coefficient (Wildman–Crippen LogP) is 1.90. The van der Waals surface area contributed by atoms with E-state index in [-0.39, 0.29) is 34.7 Å². The van der Waals surface area contributed by atoms with Gasteiger partial charge in [0.2, 0.25) is 0 Å². The van der Waals surface area contributed by atoms with E-state index in [0.717, 1.165) is 50.5 Å². The van der Waals surface area contributed by atoms with Gasteiger partial charge in [0.15, 0.2) is 18.9 Å². The van der Waals surface area contributed by atoms with Crippen LogP contribution in [0.15, 0.2) is 23.8 Å². The normalized spacial score (nSPS) is 54.0. The van der Waals surface area contributed by atoms with Gasteiger partial charge in [-0.25, -0.2) is 0 Å². The highest BCUT2D eigenvalue weighted by atomic mass is 16.8. The molecule has 4 saturated carbocycles. The molecule has 62 heavy (non-hydrogen) atoms. The fourth-order valence-electron chi connectivity index (χ4n) is 14.4. The van der Waals surface area contributed by atoms with Crippen molar-refractivity contribution in [2.45, 2.75) is 198 Å². The van der Waals surface area contributed by atoms with Gasteiger partial charge in [0.1, 0.15) is 61.0 Å². The number of hydrogen-bond donors (Lipinski definition) is 9. The van der Waals surface area contributed by atoms with Crippen molar-refractivity contribution in [3.05, 3.63) is 23.8 Å². The summed E-state index contributed by atoms with van der Waals surface area (Å²) in [6, 6.07) is 0. The second-order valence-electron chi connectivity index (χ2n) is 21.6. The molecule has 0 radical (unpaired) electrons. The molecule has 7 fully saturated rings. The quantitative estimate of drug-likeness (QED) is 0.125. The van der Waals surface area contributed by atoms with Crippen LogP contribution in [0.3, 0.4) is 0 Å². The zero-order valence-corrected chi connectivity index (χ0v) is 37.0. The van der Waals surface area contributed by atoms with Crippen LogP contribution in [0, 0.1) is 44.8 Å². The molecule has 3 heterocycles. The summed E-state index contributed by atoms with van der Waals surface area (Å²) < 4.78 is 37.1. The molecular formula is C46H72O16. The summed E-state index contributed by atoms with van der Waals surface area (Å²) in [7, 11) is 0. The molecule has 8 rings (SSSR count). The number of rotatable bonds is 8. The zero-order valence-electron chi connectivity index (χ0n) is 37.0. The van der Waals surface area contributed by atoms with Crippen LogP contribution in [0.5, 0.6) is 0 Å². The van der Waals surface area contributed by atoms with Crippen LogP contribution < -0.4 is 0 Å². The van der Waals surface area contributed by atoms with E-state index < -0.39 is 116 Å². The maximum atomic E-state index is 13.0. The Kier molecular flexibility index (Phi) is 12.6. The SMILES string of the molecule is C=C1CC[C@]2(C(=O)O)CC[C@]3(C)C(=CC[C@@H]4[C@@]5(C)CC[C@H](O[C@@H]6OC[C@H](O)[C@H](O[C@@H]7O[C@H](CO)[C@@H](O)[C@H](O)[C@H]7O)[C@H]6O[C@@H]6O[C@@H](C)[C@H](O)[C@@H](O)[C@H]6O)C(C)(C)[C@@H]5CC[C@]43C)[C@@H]2C1. The molecule has 3 aliphatic heterocycles. The second kappa shape index (κ2) is 16.6.